The molecule has 8 bridgehead atoms. The zero-order valence-electron chi connectivity index (χ0n) is 28.4. The Labute approximate surface area is 285 Å². The van der Waals surface area contributed by atoms with Crippen molar-refractivity contribution in [2.45, 2.75) is 107 Å². The second-order valence-corrected chi connectivity index (χ2v) is 17.0. The fourth-order valence-electron chi connectivity index (χ4n) is 12.3. The average Bonchev–Trinajstić information content (AvgIpc) is 3.06. The summed E-state index contributed by atoms with van der Waals surface area (Å²) in [7, 11) is 1.61. The van der Waals surface area contributed by atoms with E-state index in [-0.39, 0.29) is 11.3 Å². The monoisotopic (exact) mass is 648 g/mol. The van der Waals surface area contributed by atoms with Crippen LogP contribution in [0.4, 0.5) is 0 Å². The Morgan fingerprint density at radius 3 is 1.90 bits per heavy atom. The van der Waals surface area contributed by atoms with Gasteiger partial charge in [0, 0.05) is 35.8 Å². The molecule has 3 aromatic carbocycles. The van der Waals surface area contributed by atoms with Crippen LogP contribution < -0.4 is 20.1 Å². The van der Waals surface area contributed by atoms with Gasteiger partial charge in [-0.15, -0.1) is 0 Å². The van der Waals surface area contributed by atoms with E-state index in [1.165, 1.54) is 76.2 Å². The average molecular weight is 649 g/mol. The third-order valence-corrected chi connectivity index (χ3v) is 13.7. The number of nitrogens with one attached hydrogen (secondary N) is 2. The number of ether oxygens (including phenoxy) is 2. The van der Waals surface area contributed by atoms with E-state index in [4.69, 9.17) is 9.47 Å². The zero-order chi connectivity index (χ0) is 32.5. The van der Waals surface area contributed by atoms with Gasteiger partial charge in [0.15, 0.2) is 11.5 Å². The SMILES string of the molecule is COc1cc(CNC23CC4CC(C2)C(c2ccc(COc5ccc(CNC67CC8CC(CC(C8)C6)C7)c(O)c5)cc2)C(C4)C3)ccc1O. The van der Waals surface area contributed by atoms with E-state index in [2.05, 4.69) is 34.9 Å². The first kappa shape index (κ1) is 30.8. The second kappa shape index (κ2) is 12.0. The number of phenolic OH excluding ortho intramolecular Hbond substituents is 2. The lowest BCUT2D eigenvalue weighted by atomic mass is 9.48. The van der Waals surface area contributed by atoms with Crippen LogP contribution in [0.25, 0.3) is 0 Å². The van der Waals surface area contributed by atoms with Crippen LogP contribution >= 0.6 is 0 Å². The summed E-state index contributed by atoms with van der Waals surface area (Å²) < 4.78 is 11.5. The summed E-state index contributed by atoms with van der Waals surface area (Å²) in [5, 5.41) is 28.8. The van der Waals surface area contributed by atoms with Crippen LogP contribution in [0.2, 0.25) is 0 Å². The lowest BCUT2D eigenvalue weighted by molar-refractivity contribution is -0.0391. The Balaban J connectivity index is 0.795. The summed E-state index contributed by atoms with van der Waals surface area (Å²) in [6.07, 6.45) is 14.8. The highest BCUT2D eigenvalue weighted by Gasteiger charge is 2.55. The van der Waals surface area contributed by atoms with Gasteiger partial charge in [0.25, 0.3) is 0 Å². The van der Waals surface area contributed by atoms with Crippen molar-refractivity contribution in [2.75, 3.05) is 7.11 Å². The first-order chi connectivity index (χ1) is 23.3. The minimum absolute atomic E-state index is 0.194. The molecule has 8 aliphatic rings. The van der Waals surface area contributed by atoms with Crippen LogP contribution in [0, 0.1) is 35.5 Å². The van der Waals surface area contributed by atoms with E-state index in [1.54, 1.807) is 19.2 Å². The highest BCUT2D eigenvalue weighted by atomic mass is 16.5. The molecule has 0 amide bonds. The molecular weight excluding hydrogens is 596 g/mol. The molecule has 0 heterocycles. The van der Waals surface area contributed by atoms with Gasteiger partial charge in [-0.25, -0.2) is 0 Å². The first-order valence-electron chi connectivity index (χ1n) is 18.7. The lowest BCUT2D eigenvalue weighted by Gasteiger charge is -2.60. The molecule has 48 heavy (non-hydrogen) atoms. The predicted octanol–water partition coefficient (Wildman–Crippen LogP) is 8.20. The highest BCUT2D eigenvalue weighted by molar-refractivity contribution is 5.42. The quantitative estimate of drug-likeness (QED) is 0.168. The Morgan fingerprint density at radius 2 is 1.25 bits per heavy atom. The predicted molar refractivity (Wildman–Crippen MR) is 187 cm³/mol. The van der Waals surface area contributed by atoms with Crippen molar-refractivity contribution in [1.82, 2.24) is 10.6 Å². The Bertz CT molecular complexity index is 1600. The Hall–Kier alpha value is -3.22. The summed E-state index contributed by atoms with van der Waals surface area (Å²) in [5.74, 6) is 7.44. The molecule has 8 aliphatic carbocycles. The number of rotatable bonds is 11. The van der Waals surface area contributed by atoms with Crippen LogP contribution in [0.1, 0.15) is 98.8 Å². The Kier molecular flexibility index (Phi) is 7.69. The minimum atomic E-state index is 0.194. The van der Waals surface area contributed by atoms with Crippen LogP contribution in [0.15, 0.2) is 60.7 Å². The number of aromatic hydroxyl groups is 2. The molecule has 4 N–H and O–H groups in total. The summed E-state index contributed by atoms with van der Waals surface area (Å²) in [6, 6.07) is 20.7. The smallest absolute Gasteiger partial charge is 0.160 e. The number of methoxy groups -OCH3 is 1. The van der Waals surface area contributed by atoms with Gasteiger partial charge in [-0.3, -0.25) is 0 Å². The van der Waals surface area contributed by atoms with E-state index in [1.807, 2.05) is 24.3 Å². The molecule has 6 nitrogen and oxygen atoms in total. The Morgan fingerprint density at radius 1 is 0.646 bits per heavy atom. The van der Waals surface area contributed by atoms with Crippen molar-refractivity contribution >= 4 is 0 Å². The maximum atomic E-state index is 10.9. The van der Waals surface area contributed by atoms with Crippen molar-refractivity contribution in [1.29, 1.82) is 0 Å². The summed E-state index contributed by atoms with van der Waals surface area (Å²) in [6.45, 7) is 2.04. The van der Waals surface area contributed by atoms with Gasteiger partial charge in [-0.05, 0) is 147 Å². The zero-order valence-corrected chi connectivity index (χ0v) is 28.4. The van der Waals surface area contributed by atoms with Crippen molar-refractivity contribution in [3.63, 3.8) is 0 Å². The van der Waals surface area contributed by atoms with Crippen molar-refractivity contribution in [3.8, 4) is 23.0 Å². The number of benzene rings is 3. The summed E-state index contributed by atoms with van der Waals surface area (Å²) in [5.41, 5.74) is 5.29. The molecule has 11 rings (SSSR count). The summed E-state index contributed by atoms with van der Waals surface area (Å²) in [4.78, 5) is 0. The van der Waals surface area contributed by atoms with E-state index in [0.717, 1.165) is 71.0 Å². The van der Waals surface area contributed by atoms with Crippen molar-refractivity contribution in [3.05, 3.63) is 82.9 Å². The van der Waals surface area contributed by atoms with Gasteiger partial charge in [0.05, 0.1) is 7.11 Å². The first-order valence-corrected chi connectivity index (χ1v) is 18.7. The molecule has 254 valence electrons. The summed E-state index contributed by atoms with van der Waals surface area (Å²) >= 11 is 0. The van der Waals surface area contributed by atoms with Crippen LogP contribution in [0.3, 0.4) is 0 Å². The fraction of sp³-hybridized carbons (Fsp3) is 0.571. The van der Waals surface area contributed by atoms with Crippen LogP contribution in [-0.4, -0.2) is 28.4 Å². The standard InChI is InChI=1S/C42H52N2O4/c1-47-39-15-27(4-9-37(39)45)23-43-42-20-31-13-34(21-42)40(35(14-31)22-42)32-5-2-26(3-6-32)25-48-36-8-7-33(38(46)16-36)24-44-41-17-28-10-29(18-41)12-30(11-28)19-41/h2-9,15-16,28-31,34-35,40,43-46H,10-14,17-25H2,1H3. The maximum absolute atomic E-state index is 10.9. The van der Waals surface area contributed by atoms with E-state index in [0.29, 0.717) is 29.6 Å². The van der Waals surface area contributed by atoms with Gasteiger partial charge >= 0.3 is 0 Å². The fourth-order valence-corrected chi connectivity index (χ4v) is 12.3. The molecule has 0 radical (unpaired) electrons. The molecule has 0 saturated heterocycles. The molecular formula is C42H52N2O4. The largest absolute Gasteiger partial charge is 0.507 e. The number of hydrogen-bond donors (Lipinski definition) is 4. The molecule has 0 aliphatic heterocycles. The van der Waals surface area contributed by atoms with E-state index in [9.17, 15) is 10.2 Å². The third-order valence-electron chi connectivity index (χ3n) is 13.7. The maximum Gasteiger partial charge on any atom is 0.160 e. The molecule has 0 aromatic heterocycles. The molecule has 3 aromatic rings. The molecule has 8 saturated carbocycles. The lowest BCUT2D eigenvalue weighted by Crippen LogP contribution is -2.60. The molecule has 0 spiro atoms. The van der Waals surface area contributed by atoms with Gasteiger partial charge < -0.3 is 30.3 Å². The van der Waals surface area contributed by atoms with Crippen molar-refractivity contribution < 1.29 is 19.7 Å². The highest BCUT2D eigenvalue weighted by Crippen LogP contribution is 2.61. The van der Waals surface area contributed by atoms with Gasteiger partial charge in [0.1, 0.15) is 18.1 Å². The van der Waals surface area contributed by atoms with Crippen LogP contribution in [0.5, 0.6) is 23.0 Å². The third kappa shape index (κ3) is 5.77. The minimum Gasteiger partial charge on any atom is -0.507 e. The number of hydrogen-bond acceptors (Lipinski definition) is 6. The second-order valence-electron chi connectivity index (χ2n) is 17.0. The molecule has 2 unspecified atom stereocenters. The molecule has 2 atom stereocenters. The number of phenols is 2. The van der Waals surface area contributed by atoms with Gasteiger partial charge in [-0.1, -0.05) is 36.4 Å². The van der Waals surface area contributed by atoms with E-state index < -0.39 is 0 Å². The van der Waals surface area contributed by atoms with Gasteiger partial charge in [0.2, 0.25) is 0 Å². The van der Waals surface area contributed by atoms with Crippen molar-refractivity contribution in [2.24, 2.45) is 35.5 Å². The van der Waals surface area contributed by atoms with Gasteiger partial charge in [-0.2, -0.15) is 0 Å². The molecule has 8 fully saturated rings. The van der Waals surface area contributed by atoms with Crippen LogP contribution in [-0.2, 0) is 19.7 Å². The topological polar surface area (TPSA) is 83.0 Å². The normalized spacial score (nSPS) is 35.6. The van der Waals surface area contributed by atoms with E-state index >= 15 is 0 Å². The molecule has 6 heteroatoms.